The number of halogens is 2. The lowest BCUT2D eigenvalue weighted by molar-refractivity contribution is -0.132. The molecule has 1 fully saturated rings. The molecule has 9 heteroatoms. The Morgan fingerprint density at radius 3 is 2.42 bits per heavy atom. The normalized spacial score (nSPS) is 23.1. The second-order valence-electron chi connectivity index (χ2n) is 7.91. The number of anilines is 1. The molecule has 3 atom stereocenters. The van der Waals surface area contributed by atoms with Crippen LogP contribution < -0.4 is 5.32 Å². The van der Waals surface area contributed by atoms with Gasteiger partial charge in [-0.3, -0.25) is 4.79 Å². The fourth-order valence-electron chi connectivity index (χ4n) is 4.62. The lowest BCUT2D eigenvalue weighted by Gasteiger charge is -2.36. The zero-order chi connectivity index (χ0) is 22.1. The molecule has 1 aromatic carbocycles. The average Bonchev–Trinajstić information content (AvgIpc) is 3.36. The minimum Gasteiger partial charge on any atom is -0.383 e. The zero-order valence-electron chi connectivity index (χ0n) is 17.8. The highest BCUT2D eigenvalue weighted by atomic mass is 35.5. The van der Waals surface area contributed by atoms with E-state index in [1.54, 1.807) is 32.5 Å². The van der Waals surface area contributed by atoms with Crippen LogP contribution in [0.5, 0.6) is 0 Å². The number of likely N-dealkylation sites (tertiary alicyclic amines) is 1. The standard InChI is InChI=1S/C22H26Cl2N4O3/c1-13-20(22(29)27-15(11-30-2)5-6-16(27)12-31-3)21(28-19(26-13)8-9-25-28)14-4-7-17(23)18(24)10-14/h4,7-10,15-16,21,26H,5-6,11-12H2,1-3H3/t15-,16-,21?/m1/s1. The molecule has 0 bridgehead atoms. The molecule has 166 valence electrons. The van der Waals surface area contributed by atoms with E-state index in [2.05, 4.69) is 10.4 Å². The van der Waals surface area contributed by atoms with Gasteiger partial charge in [0.15, 0.2) is 0 Å². The fraction of sp³-hybridized carbons (Fsp3) is 0.455. The van der Waals surface area contributed by atoms with E-state index in [4.69, 9.17) is 32.7 Å². The summed E-state index contributed by atoms with van der Waals surface area (Å²) in [6.45, 7) is 2.88. The molecule has 3 heterocycles. The van der Waals surface area contributed by atoms with Crippen molar-refractivity contribution in [2.75, 3.05) is 32.8 Å². The number of amides is 1. The first kappa shape index (κ1) is 22.1. The van der Waals surface area contributed by atoms with Gasteiger partial charge in [-0.15, -0.1) is 0 Å². The van der Waals surface area contributed by atoms with Gasteiger partial charge in [0.05, 0.1) is 47.1 Å². The molecule has 2 aliphatic rings. The van der Waals surface area contributed by atoms with Gasteiger partial charge in [0.2, 0.25) is 0 Å². The predicted molar refractivity (Wildman–Crippen MR) is 121 cm³/mol. The number of allylic oxidation sites excluding steroid dienone is 1. The number of fused-ring (bicyclic) bond motifs is 1. The Labute approximate surface area is 191 Å². The fourth-order valence-corrected chi connectivity index (χ4v) is 4.92. The van der Waals surface area contributed by atoms with Crippen LogP contribution in [-0.2, 0) is 14.3 Å². The Kier molecular flexibility index (Phi) is 6.57. The second kappa shape index (κ2) is 9.20. The van der Waals surface area contributed by atoms with Gasteiger partial charge in [0.25, 0.3) is 5.91 Å². The van der Waals surface area contributed by atoms with Gasteiger partial charge in [-0.05, 0) is 37.5 Å². The average molecular weight is 465 g/mol. The molecule has 2 aromatic rings. The van der Waals surface area contributed by atoms with E-state index < -0.39 is 6.04 Å². The molecule has 0 spiro atoms. The Hall–Kier alpha value is -2.06. The van der Waals surface area contributed by atoms with Crippen LogP contribution in [-0.4, -0.2) is 60.1 Å². The van der Waals surface area contributed by atoms with Crippen molar-refractivity contribution in [3.05, 3.63) is 57.3 Å². The third-order valence-electron chi connectivity index (χ3n) is 5.97. The molecule has 0 radical (unpaired) electrons. The molecule has 0 saturated carbocycles. The van der Waals surface area contributed by atoms with E-state index in [0.717, 1.165) is 29.9 Å². The summed E-state index contributed by atoms with van der Waals surface area (Å²) in [5.41, 5.74) is 2.25. The number of methoxy groups -OCH3 is 2. The number of benzene rings is 1. The number of nitrogens with zero attached hydrogens (tertiary/aromatic N) is 3. The maximum atomic E-state index is 14.1. The number of nitrogens with one attached hydrogen (secondary N) is 1. The summed E-state index contributed by atoms with van der Waals surface area (Å²) in [5, 5.41) is 8.72. The Morgan fingerprint density at radius 1 is 1.13 bits per heavy atom. The lowest BCUT2D eigenvalue weighted by Crippen LogP contribution is -2.47. The van der Waals surface area contributed by atoms with Gasteiger partial charge in [-0.25, -0.2) is 4.68 Å². The molecule has 1 saturated heterocycles. The largest absolute Gasteiger partial charge is 0.383 e. The topological polar surface area (TPSA) is 68.6 Å². The van der Waals surface area contributed by atoms with Crippen molar-refractivity contribution in [2.45, 2.75) is 37.9 Å². The highest BCUT2D eigenvalue weighted by molar-refractivity contribution is 6.42. The summed E-state index contributed by atoms with van der Waals surface area (Å²) >= 11 is 12.5. The summed E-state index contributed by atoms with van der Waals surface area (Å²) in [5.74, 6) is 0.761. The summed E-state index contributed by atoms with van der Waals surface area (Å²) in [7, 11) is 3.32. The summed E-state index contributed by atoms with van der Waals surface area (Å²) in [6.07, 6.45) is 3.46. The van der Waals surface area contributed by atoms with E-state index in [1.165, 1.54) is 0 Å². The maximum Gasteiger partial charge on any atom is 0.254 e. The number of carbonyl (C=O) groups excluding carboxylic acids is 1. The molecule has 7 nitrogen and oxygen atoms in total. The molecule has 31 heavy (non-hydrogen) atoms. The summed E-state index contributed by atoms with van der Waals surface area (Å²) < 4.78 is 12.6. The lowest BCUT2D eigenvalue weighted by atomic mass is 9.94. The zero-order valence-corrected chi connectivity index (χ0v) is 19.3. The van der Waals surface area contributed by atoms with Crippen molar-refractivity contribution in [3.63, 3.8) is 0 Å². The van der Waals surface area contributed by atoms with E-state index in [9.17, 15) is 4.79 Å². The number of ether oxygens (including phenoxy) is 2. The molecule has 4 rings (SSSR count). The molecule has 1 unspecified atom stereocenters. The van der Waals surface area contributed by atoms with Crippen LogP contribution in [0.4, 0.5) is 5.82 Å². The van der Waals surface area contributed by atoms with E-state index in [0.29, 0.717) is 28.8 Å². The molecule has 1 aromatic heterocycles. The smallest absolute Gasteiger partial charge is 0.254 e. The van der Waals surface area contributed by atoms with Crippen molar-refractivity contribution in [1.82, 2.24) is 14.7 Å². The van der Waals surface area contributed by atoms with Crippen molar-refractivity contribution < 1.29 is 14.3 Å². The van der Waals surface area contributed by atoms with E-state index >= 15 is 0 Å². The van der Waals surface area contributed by atoms with Crippen LogP contribution >= 0.6 is 23.2 Å². The first-order valence-electron chi connectivity index (χ1n) is 10.2. The first-order chi connectivity index (χ1) is 15.0. The van der Waals surface area contributed by atoms with Gasteiger partial charge in [0.1, 0.15) is 11.9 Å². The van der Waals surface area contributed by atoms with Gasteiger partial charge >= 0.3 is 0 Å². The van der Waals surface area contributed by atoms with Crippen LogP contribution in [0.25, 0.3) is 0 Å². The Bertz CT molecular complexity index is 992. The van der Waals surface area contributed by atoms with Crippen molar-refractivity contribution in [1.29, 1.82) is 0 Å². The van der Waals surface area contributed by atoms with Gasteiger partial charge in [0, 0.05) is 26.0 Å². The van der Waals surface area contributed by atoms with Crippen molar-refractivity contribution >= 4 is 34.9 Å². The first-order valence-corrected chi connectivity index (χ1v) is 11.0. The predicted octanol–water partition coefficient (Wildman–Crippen LogP) is 4.13. The quantitative estimate of drug-likeness (QED) is 0.695. The van der Waals surface area contributed by atoms with Crippen LogP contribution in [0.2, 0.25) is 10.0 Å². The number of hydrogen-bond acceptors (Lipinski definition) is 5. The minimum atomic E-state index is -0.430. The maximum absolute atomic E-state index is 14.1. The molecule has 1 N–H and O–H groups in total. The molecule has 1 amide bonds. The van der Waals surface area contributed by atoms with Crippen LogP contribution in [0, 0.1) is 0 Å². The van der Waals surface area contributed by atoms with Gasteiger partial charge in [-0.2, -0.15) is 5.10 Å². The van der Waals surface area contributed by atoms with E-state index in [-0.39, 0.29) is 18.0 Å². The Morgan fingerprint density at radius 2 is 1.81 bits per heavy atom. The summed E-state index contributed by atoms with van der Waals surface area (Å²) in [4.78, 5) is 16.0. The number of carbonyl (C=O) groups is 1. The van der Waals surface area contributed by atoms with Crippen molar-refractivity contribution in [3.8, 4) is 0 Å². The Balaban J connectivity index is 1.79. The molecular weight excluding hydrogens is 439 g/mol. The van der Waals surface area contributed by atoms with Gasteiger partial charge < -0.3 is 19.7 Å². The number of aromatic nitrogens is 2. The molecular formula is C22H26Cl2N4O3. The van der Waals surface area contributed by atoms with Crippen molar-refractivity contribution in [2.24, 2.45) is 0 Å². The monoisotopic (exact) mass is 464 g/mol. The third-order valence-corrected chi connectivity index (χ3v) is 6.71. The molecule has 0 aliphatic carbocycles. The minimum absolute atomic E-state index is 0.00794. The van der Waals surface area contributed by atoms with Crippen LogP contribution in [0.3, 0.4) is 0 Å². The summed E-state index contributed by atoms with van der Waals surface area (Å²) in [6, 6.07) is 6.87. The van der Waals surface area contributed by atoms with Gasteiger partial charge in [-0.1, -0.05) is 29.3 Å². The second-order valence-corrected chi connectivity index (χ2v) is 8.72. The molecule has 2 aliphatic heterocycles. The number of hydrogen-bond donors (Lipinski definition) is 1. The number of rotatable bonds is 6. The van der Waals surface area contributed by atoms with Crippen LogP contribution in [0.1, 0.15) is 31.4 Å². The van der Waals surface area contributed by atoms with Crippen LogP contribution in [0.15, 0.2) is 41.7 Å². The highest BCUT2D eigenvalue weighted by Gasteiger charge is 2.42. The SMILES string of the molecule is COC[C@H]1CC[C@H](COC)N1C(=O)C1=C(C)Nc2ccnn2C1c1ccc(Cl)c(Cl)c1. The third kappa shape index (κ3) is 4.07. The highest BCUT2D eigenvalue weighted by Crippen LogP contribution is 2.40. The van der Waals surface area contributed by atoms with E-state index in [1.807, 2.05) is 28.6 Å².